The Kier molecular flexibility index (Phi) is 7.76. The second-order valence-electron chi connectivity index (χ2n) is 6.92. The van der Waals surface area contributed by atoms with Crippen molar-refractivity contribution in [2.45, 2.75) is 77.4 Å². The summed E-state index contributed by atoms with van der Waals surface area (Å²) in [5.74, 6) is -0.0333. The standard InChI is InChI=1S/C20H29ClN2O2/c1-3-7-19(24)23(14-16-10-12-17(21)13-11-16)15(2)20(25)22-18-8-5-4-6-9-18/h10-13,15,18H,3-9,14H2,1-2H3,(H,22,25)/t15-/m1/s1. The highest BCUT2D eigenvalue weighted by atomic mass is 35.5. The smallest absolute Gasteiger partial charge is 0.242 e. The van der Waals surface area contributed by atoms with E-state index in [1.165, 1.54) is 19.3 Å². The van der Waals surface area contributed by atoms with E-state index in [0.29, 0.717) is 18.0 Å². The molecule has 1 aliphatic rings. The molecule has 0 aliphatic heterocycles. The van der Waals surface area contributed by atoms with Crippen molar-refractivity contribution >= 4 is 23.4 Å². The summed E-state index contributed by atoms with van der Waals surface area (Å²) < 4.78 is 0. The van der Waals surface area contributed by atoms with Crippen molar-refractivity contribution in [1.82, 2.24) is 10.2 Å². The van der Waals surface area contributed by atoms with Crippen LogP contribution in [0, 0.1) is 0 Å². The number of rotatable bonds is 7. The van der Waals surface area contributed by atoms with Gasteiger partial charge in [0.1, 0.15) is 6.04 Å². The number of carbonyl (C=O) groups is 2. The number of amides is 2. The minimum absolute atomic E-state index is 0.0174. The van der Waals surface area contributed by atoms with Crippen molar-refractivity contribution in [2.24, 2.45) is 0 Å². The monoisotopic (exact) mass is 364 g/mol. The van der Waals surface area contributed by atoms with Crippen LogP contribution >= 0.6 is 11.6 Å². The van der Waals surface area contributed by atoms with Crippen LogP contribution in [0.4, 0.5) is 0 Å². The number of nitrogens with one attached hydrogen (secondary N) is 1. The van der Waals surface area contributed by atoms with Gasteiger partial charge in [0.05, 0.1) is 0 Å². The maximum atomic E-state index is 12.7. The van der Waals surface area contributed by atoms with E-state index in [2.05, 4.69) is 5.32 Å². The first-order valence-corrected chi connectivity index (χ1v) is 9.73. The molecule has 5 heteroatoms. The van der Waals surface area contributed by atoms with Crippen LogP contribution in [0.5, 0.6) is 0 Å². The van der Waals surface area contributed by atoms with Gasteiger partial charge in [0.25, 0.3) is 0 Å². The molecule has 1 atom stereocenters. The Bertz CT molecular complexity index is 568. The quantitative estimate of drug-likeness (QED) is 0.783. The molecule has 0 heterocycles. The van der Waals surface area contributed by atoms with E-state index in [1.54, 1.807) is 4.90 Å². The average Bonchev–Trinajstić information content (AvgIpc) is 2.61. The highest BCUT2D eigenvalue weighted by Gasteiger charge is 2.27. The van der Waals surface area contributed by atoms with Gasteiger partial charge in [0.2, 0.25) is 11.8 Å². The molecule has 2 rings (SSSR count). The molecule has 2 amide bonds. The minimum Gasteiger partial charge on any atom is -0.352 e. The Morgan fingerprint density at radius 1 is 1.20 bits per heavy atom. The fraction of sp³-hybridized carbons (Fsp3) is 0.600. The van der Waals surface area contributed by atoms with Gasteiger partial charge in [-0.2, -0.15) is 0 Å². The lowest BCUT2D eigenvalue weighted by atomic mass is 9.95. The summed E-state index contributed by atoms with van der Waals surface area (Å²) in [5, 5.41) is 3.80. The summed E-state index contributed by atoms with van der Waals surface area (Å²) in [6.45, 7) is 4.22. The van der Waals surface area contributed by atoms with Gasteiger partial charge in [-0.05, 0) is 43.9 Å². The van der Waals surface area contributed by atoms with Gasteiger partial charge in [-0.3, -0.25) is 9.59 Å². The molecule has 0 unspecified atom stereocenters. The third-order valence-corrected chi connectivity index (χ3v) is 5.10. The lowest BCUT2D eigenvalue weighted by Crippen LogP contribution is -2.50. The molecule has 0 spiro atoms. The lowest BCUT2D eigenvalue weighted by Gasteiger charge is -2.31. The Morgan fingerprint density at radius 3 is 2.44 bits per heavy atom. The van der Waals surface area contributed by atoms with Crippen molar-refractivity contribution in [2.75, 3.05) is 0 Å². The van der Waals surface area contributed by atoms with E-state index in [4.69, 9.17) is 11.6 Å². The van der Waals surface area contributed by atoms with E-state index in [1.807, 2.05) is 38.1 Å². The van der Waals surface area contributed by atoms with E-state index >= 15 is 0 Å². The van der Waals surface area contributed by atoms with Gasteiger partial charge in [0, 0.05) is 24.0 Å². The van der Waals surface area contributed by atoms with Crippen LogP contribution in [0.1, 0.15) is 64.4 Å². The van der Waals surface area contributed by atoms with Crippen LogP contribution in [0.15, 0.2) is 24.3 Å². The molecule has 1 fully saturated rings. The Labute approximate surface area is 155 Å². The van der Waals surface area contributed by atoms with Crippen molar-refractivity contribution in [3.8, 4) is 0 Å². The van der Waals surface area contributed by atoms with Crippen molar-refractivity contribution in [3.05, 3.63) is 34.9 Å². The van der Waals surface area contributed by atoms with Gasteiger partial charge < -0.3 is 10.2 Å². The number of benzene rings is 1. The molecule has 0 saturated heterocycles. The van der Waals surface area contributed by atoms with Gasteiger partial charge >= 0.3 is 0 Å². The zero-order chi connectivity index (χ0) is 18.2. The maximum Gasteiger partial charge on any atom is 0.242 e. The van der Waals surface area contributed by atoms with Crippen molar-refractivity contribution < 1.29 is 9.59 Å². The van der Waals surface area contributed by atoms with Crippen molar-refractivity contribution in [3.63, 3.8) is 0 Å². The van der Waals surface area contributed by atoms with Crippen LogP contribution in [-0.4, -0.2) is 28.8 Å². The van der Waals surface area contributed by atoms with Gasteiger partial charge in [0.15, 0.2) is 0 Å². The largest absolute Gasteiger partial charge is 0.352 e. The number of halogens is 1. The van der Waals surface area contributed by atoms with E-state index < -0.39 is 6.04 Å². The fourth-order valence-electron chi connectivity index (χ4n) is 3.30. The summed E-state index contributed by atoms with van der Waals surface area (Å²) in [7, 11) is 0. The van der Waals surface area contributed by atoms with Gasteiger partial charge in [-0.25, -0.2) is 0 Å². The highest BCUT2D eigenvalue weighted by molar-refractivity contribution is 6.30. The molecule has 1 aromatic rings. The third kappa shape index (κ3) is 6.03. The molecule has 1 aromatic carbocycles. The Hall–Kier alpha value is -1.55. The molecule has 0 bridgehead atoms. The highest BCUT2D eigenvalue weighted by Crippen LogP contribution is 2.19. The molecular formula is C20H29ClN2O2. The Morgan fingerprint density at radius 2 is 1.84 bits per heavy atom. The van der Waals surface area contributed by atoms with E-state index in [-0.39, 0.29) is 17.9 Å². The first-order chi connectivity index (χ1) is 12.0. The molecule has 0 radical (unpaired) electrons. The summed E-state index contributed by atoms with van der Waals surface area (Å²) in [5.41, 5.74) is 0.978. The first kappa shape index (κ1) is 19.8. The van der Waals surface area contributed by atoms with Gasteiger partial charge in [-0.1, -0.05) is 49.9 Å². The predicted molar refractivity (Wildman–Crippen MR) is 101 cm³/mol. The zero-order valence-corrected chi connectivity index (χ0v) is 16.0. The third-order valence-electron chi connectivity index (χ3n) is 4.85. The van der Waals surface area contributed by atoms with Crippen LogP contribution in [-0.2, 0) is 16.1 Å². The lowest BCUT2D eigenvalue weighted by molar-refractivity contribution is -0.141. The van der Waals surface area contributed by atoms with Crippen LogP contribution in [0.2, 0.25) is 5.02 Å². The molecule has 1 aliphatic carbocycles. The normalized spacial score (nSPS) is 16.3. The minimum atomic E-state index is -0.475. The SMILES string of the molecule is CCCC(=O)N(Cc1ccc(Cl)cc1)[C@H](C)C(=O)NC1CCCCC1. The summed E-state index contributed by atoms with van der Waals surface area (Å²) >= 11 is 5.94. The number of hydrogen-bond donors (Lipinski definition) is 1. The molecular weight excluding hydrogens is 336 g/mol. The van der Waals surface area contributed by atoms with Crippen molar-refractivity contribution in [1.29, 1.82) is 0 Å². The summed E-state index contributed by atoms with van der Waals surface area (Å²) in [6, 6.07) is 7.21. The topological polar surface area (TPSA) is 49.4 Å². The van der Waals surface area contributed by atoms with Crippen LogP contribution < -0.4 is 5.32 Å². The maximum absolute atomic E-state index is 12.7. The molecule has 0 aromatic heterocycles. The number of hydrogen-bond acceptors (Lipinski definition) is 2. The second kappa shape index (κ2) is 9.81. The van der Waals surface area contributed by atoms with E-state index in [9.17, 15) is 9.59 Å². The zero-order valence-electron chi connectivity index (χ0n) is 15.3. The first-order valence-electron chi connectivity index (χ1n) is 9.35. The average molecular weight is 365 g/mol. The summed E-state index contributed by atoms with van der Waals surface area (Å²) in [4.78, 5) is 26.9. The summed E-state index contributed by atoms with van der Waals surface area (Å²) in [6.07, 6.45) is 6.89. The molecule has 138 valence electrons. The van der Waals surface area contributed by atoms with E-state index in [0.717, 1.165) is 24.8 Å². The number of nitrogens with zero attached hydrogens (tertiary/aromatic N) is 1. The predicted octanol–water partition coefficient (Wildman–Crippen LogP) is 4.31. The fourth-order valence-corrected chi connectivity index (χ4v) is 3.42. The second-order valence-corrected chi connectivity index (χ2v) is 7.35. The molecule has 1 N–H and O–H groups in total. The van der Waals surface area contributed by atoms with Crippen LogP contribution in [0.25, 0.3) is 0 Å². The molecule has 25 heavy (non-hydrogen) atoms. The molecule has 1 saturated carbocycles. The number of carbonyl (C=O) groups excluding carboxylic acids is 2. The van der Waals surface area contributed by atoms with Gasteiger partial charge in [-0.15, -0.1) is 0 Å². The molecule has 4 nitrogen and oxygen atoms in total. The van der Waals surface area contributed by atoms with Crippen LogP contribution in [0.3, 0.4) is 0 Å². The Balaban J connectivity index is 2.05.